The van der Waals surface area contributed by atoms with Gasteiger partial charge in [0.05, 0.1) is 11.2 Å². The second kappa shape index (κ2) is 6.23. The van der Waals surface area contributed by atoms with Crippen molar-refractivity contribution >= 4 is 22.7 Å². The van der Waals surface area contributed by atoms with Crippen LogP contribution in [-0.4, -0.2) is 26.6 Å². The Balaban J connectivity index is 1.49. The molecule has 0 radical (unpaired) electrons. The van der Waals surface area contributed by atoms with Crippen molar-refractivity contribution in [2.24, 2.45) is 5.10 Å². The minimum Gasteiger partial charge on any atom is -0.271 e. The number of hydrogen-bond donors (Lipinski definition) is 1. The Morgan fingerprint density at radius 1 is 1.12 bits per heavy atom. The van der Waals surface area contributed by atoms with Gasteiger partial charge in [-0.15, -0.1) is 5.10 Å². The maximum atomic E-state index is 12.2. The normalized spacial score (nSPS) is 15.4. The van der Waals surface area contributed by atoms with E-state index in [1.165, 1.54) is 5.56 Å². The molecule has 1 aromatic heterocycles. The maximum Gasteiger partial charge on any atom is 0.261 e. The number of hydrogen-bond acceptors (Lipinski definition) is 4. The molecule has 0 saturated carbocycles. The molecule has 120 valence electrons. The summed E-state index contributed by atoms with van der Waals surface area (Å²) in [5, 5.41) is 12.4. The number of carbonyl (C=O) groups is 1. The monoisotopic (exact) mass is 319 g/mol. The average molecular weight is 319 g/mol. The number of amides is 1. The van der Waals surface area contributed by atoms with Crippen LogP contribution in [0, 0.1) is 0 Å². The van der Waals surface area contributed by atoms with Gasteiger partial charge in [0.1, 0.15) is 12.1 Å². The van der Waals surface area contributed by atoms with Crippen molar-refractivity contribution in [1.29, 1.82) is 0 Å². The molecule has 0 saturated heterocycles. The Labute approximate surface area is 139 Å². The summed E-state index contributed by atoms with van der Waals surface area (Å²) in [4.78, 5) is 12.2. The lowest BCUT2D eigenvalue weighted by atomic mass is 9.90. The van der Waals surface area contributed by atoms with Crippen molar-refractivity contribution < 1.29 is 4.79 Å². The van der Waals surface area contributed by atoms with Gasteiger partial charge < -0.3 is 0 Å². The maximum absolute atomic E-state index is 12.2. The van der Waals surface area contributed by atoms with Crippen LogP contribution in [-0.2, 0) is 17.8 Å². The quantitative estimate of drug-likeness (QED) is 0.753. The van der Waals surface area contributed by atoms with Crippen molar-refractivity contribution in [3.8, 4) is 0 Å². The van der Waals surface area contributed by atoms with E-state index >= 15 is 0 Å². The van der Waals surface area contributed by atoms with Gasteiger partial charge in [0, 0.05) is 5.56 Å². The summed E-state index contributed by atoms with van der Waals surface area (Å²) in [6.07, 6.45) is 3.00. The molecule has 1 aliphatic carbocycles. The van der Waals surface area contributed by atoms with Crippen LogP contribution >= 0.6 is 0 Å². The van der Waals surface area contributed by atoms with E-state index in [9.17, 15) is 4.79 Å². The van der Waals surface area contributed by atoms with Gasteiger partial charge in [-0.05, 0) is 37.0 Å². The number of benzene rings is 2. The Morgan fingerprint density at radius 2 is 1.96 bits per heavy atom. The molecular weight excluding hydrogens is 302 g/mol. The number of rotatable bonds is 3. The Kier molecular flexibility index (Phi) is 3.78. The zero-order valence-corrected chi connectivity index (χ0v) is 13.1. The fourth-order valence-electron chi connectivity index (χ4n) is 3.05. The van der Waals surface area contributed by atoms with Gasteiger partial charge in [-0.3, -0.25) is 4.79 Å². The molecule has 0 aliphatic heterocycles. The summed E-state index contributed by atoms with van der Waals surface area (Å²) in [7, 11) is 0. The lowest BCUT2D eigenvalue weighted by Crippen LogP contribution is -2.26. The molecule has 1 heterocycles. The fraction of sp³-hybridized carbons (Fsp3) is 0.222. The fourth-order valence-corrected chi connectivity index (χ4v) is 3.05. The molecule has 0 spiro atoms. The molecule has 1 amide bonds. The van der Waals surface area contributed by atoms with Gasteiger partial charge in [0.25, 0.3) is 5.91 Å². The van der Waals surface area contributed by atoms with E-state index < -0.39 is 0 Å². The Bertz CT molecular complexity index is 928. The number of para-hydroxylation sites is 1. The summed E-state index contributed by atoms with van der Waals surface area (Å²) in [5.41, 5.74) is 7.63. The molecule has 24 heavy (non-hydrogen) atoms. The summed E-state index contributed by atoms with van der Waals surface area (Å²) in [6.45, 7) is 0.0962. The van der Waals surface area contributed by atoms with Crippen molar-refractivity contribution in [3.05, 3.63) is 59.7 Å². The highest BCUT2D eigenvalue weighted by Gasteiger charge is 2.15. The highest BCUT2D eigenvalue weighted by Crippen LogP contribution is 2.21. The molecule has 3 aromatic rings. The first-order valence-electron chi connectivity index (χ1n) is 8.03. The van der Waals surface area contributed by atoms with E-state index in [4.69, 9.17) is 0 Å². The molecule has 0 bridgehead atoms. The van der Waals surface area contributed by atoms with E-state index in [0.29, 0.717) is 0 Å². The zero-order valence-electron chi connectivity index (χ0n) is 13.1. The predicted molar refractivity (Wildman–Crippen MR) is 91.6 cm³/mol. The molecule has 0 atom stereocenters. The summed E-state index contributed by atoms with van der Waals surface area (Å²) in [6, 6.07) is 15.8. The summed E-state index contributed by atoms with van der Waals surface area (Å²) < 4.78 is 1.58. The minimum absolute atomic E-state index is 0.0962. The Morgan fingerprint density at radius 3 is 2.92 bits per heavy atom. The van der Waals surface area contributed by atoms with Gasteiger partial charge in [-0.1, -0.05) is 41.6 Å². The SMILES string of the molecule is O=C(Cn1nnc2ccccc21)N/N=C1/CCCc2ccccc21. The zero-order chi connectivity index (χ0) is 16.4. The molecular formula is C18H17N5O. The van der Waals surface area contributed by atoms with Crippen LogP contribution in [0.2, 0.25) is 0 Å². The minimum atomic E-state index is -0.207. The molecule has 0 unspecified atom stereocenters. The van der Waals surface area contributed by atoms with Crippen molar-refractivity contribution in [1.82, 2.24) is 20.4 Å². The van der Waals surface area contributed by atoms with Gasteiger partial charge in [0.15, 0.2) is 0 Å². The average Bonchev–Trinajstić information content (AvgIpc) is 3.03. The highest BCUT2D eigenvalue weighted by molar-refractivity contribution is 6.03. The van der Waals surface area contributed by atoms with Crippen molar-refractivity contribution in [2.75, 3.05) is 0 Å². The number of nitrogens with zero attached hydrogens (tertiary/aromatic N) is 4. The van der Waals surface area contributed by atoms with Crippen LogP contribution < -0.4 is 5.43 Å². The van der Waals surface area contributed by atoms with E-state index in [0.717, 1.165) is 41.6 Å². The number of aryl methyl sites for hydroxylation is 1. The number of aromatic nitrogens is 3. The lowest BCUT2D eigenvalue weighted by molar-refractivity contribution is -0.121. The summed E-state index contributed by atoms with van der Waals surface area (Å²) in [5.74, 6) is -0.207. The van der Waals surface area contributed by atoms with Crippen molar-refractivity contribution in [2.45, 2.75) is 25.8 Å². The first-order chi connectivity index (χ1) is 11.8. The molecule has 2 aromatic carbocycles. The van der Waals surface area contributed by atoms with Gasteiger partial charge >= 0.3 is 0 Å². The predicted octanol–water partition coefficient (Wildman–Crippen LogP) is 2.29. The van der Waals surface area contributed by atoms with Gasteiger partial charge in [0.2, 0.25) is 0 Å². The third-order valence-corrected chi connectivity index (χ3v) is 4.22. The van der Waals surface area contributed by atoms with Crippen molar-refractivity contribution in [3.63, 3.8) is 0 Å². The highest BCUT2D eigenvalue weighted by atomic mass is 16.2. The standard InChI is InChI=1S/C18H17N5O/c24-18(12-23-17-11-4-3-9-16(17)20-22-23)21-19-15-10-5-7-13-6-1-2-8-14(13)15/h1-4,6,8-9,11H,5,7,10,12H2,(H,21,24)/b19-15-. The molecule has 4 rings (SSSR count). The second-order valence-corrected chi connectivity index (χ2v) is 5.84. The van der Waals surface area contributed by atoms with E-state index in [1.54, 1.807) is 4.68 Å². The topological polar surface area (TPSA) is 72.2 Å². The van der Waals surface area contributed by atoms with Gasteiger partial charge in [-0.25, -0.2) is 10.1 Å². The van der Waals surface area contributed by atoms with Crippen LogP contribution in [0.15, 0.2) is 53.6 Å². The first-order valence-corrected chi connectivity index (χ1v) is 8.03. The third-order valence-electron chi connectivity index (χ3n) is 4.22. The molecule has 6 nitrogen and oxygen atoms in total. The lowest BCUT2D eigenvalue weighted by Gasteiger charge is -2.17. The molecule has 1 N–H and O–H groups in total. The second-order valence-electron chi connectivity index (χ2n) is 5.84. The van der Waals surface area contributed by atoms with Gasteiger partial charge in [-0.2, -0.15) is 5.10 Å². The summed E-state index contributed by atoms with van der Waals surface area (Å²) >= 11 is 0. The molecule has 1 aliphatic rings. The largest absolute Gasteiger partial charge is 0.271 e. The Hall–Kier alpha value is -3.02. The third kappa shape index (κ3) is 2.78. The molecule has 0 fully saturated rings. The smallest absolute Gasteiger partial charge is 0.261 e. The van der Waals surface area contributed by atoms with E-state index in [1.807, 2.05) is 36.4 Å². The number of fused-ring (bicyclic) bond motifs is 2. The van der Waals surface area contributed by atoms with E-state index in [-0.39, 0.29) is 12.5 Å². The number of nitrogens with one attached hydrogen (secondary N) is 1. The first kappa shape index (κ1) is 14.6. The van der Waals surface area contributed by atoms with Crippen LogP contribution in [0.4, 0.5) is 0 Å². The van der Waals surface area contributed by atoms with Crippen LogP contribution in [0.5, 0.6) is 0 Å². The number of hydrazone groups is 1. The van der Waals surface area contributed by atoms with Crippen LogP contribution in [0.25, 0.3) is 11.0 Å². The van der Waals surface area contributed by atoms with E-state index in [2.05, 4.69) is 33.0 Å². The van der Waals surface area contributed by atoms with Crippen LogP contribution in [0.3, 0.4) is 0 Å². The number of carbonyl (C=O) groups excluding carboxylic acids is 1. The van der Waals surface area contributed by atoms with Crippen LogP contribution in [0.1, 0.15) is 24.0 Å². The molecule has 6 heteroatoms.